The van der Waals surface area contributed by atoms with E-state index in [9.17, 15) is 4.79 Å². The Labute approximate surface area is 130 Å². The molecule has 21 heavy (non-hydrogen) atoms. The van der Waals surface area contributed by atoms with Crippen LogP contribution in [-0.4, -0.2) is 54.5 Å². The Morgan fingerprint density at radius 1 is 1.14 bits per heavy atom. The van der Waals surface area contributed by atoms with Crippen molar-refractivity contribution in [2.24, 2.45) is 17.6 Å². The predicted octanol–water partition coefficient (Wildman–Crippen LogP) is 2.08. The third-order valence-corrected chi connectivity index (χ3v) is 5.47. The SMILES string of the molecule is CCC(C)C(N)C(=O)N1CCN(CC2CCCCC2)CC1. The number of carbonyl (C=O) groups excluding carboxylic acids is 1. The lowest BCUT2D eigenvalue weighted by Crippen LogP contribution is -2.55. The average Bonchev–Trinajstić information content (AvgIpc) is 2.54. The third kappa shape index (κ3) is 4.68. The van der Waals surface area contributed by atoms with Gasteiger partial charge in [0.25, 0.3) is 0 Å². The van der Waals surface area contributed by atoms with Crippen LogP contribution >= 0.6 is 0 Å². The Kier molecular flexibility index (Phi) is 6.49. The standard InChI is InChI=1S/C17H33N3O/c1-3-14(2)16(18)17(21)20-11-9-19(10-12-20)13-15-7-5-4-6-8-15/h14-16H,3-13,18H2,1-2H3. The van der Waals surface area contributed by atoms with Gasteiger partial charge in [-0.15, -0.1) is 0 Å². The highest BCUT2D eigenvalue weighted by molar-refractivity contribution is 5.82. The number of nitrogens with two attached hydrogens (primary N) is 1. The van der Waals surface area contributed by atoms with Crippen molar-refractivity contribution in [1.29, 1.82) is 0 Å². The topological polar surface area (TPSA) is 49.6 Å². The molecule has 1 heterocycles. The van der Waals surface area contributed by atoms with Gasteiger partial charge in [0.1, 0.15) is 0 Å². The van der Waals surface area contributed by atoms with E-state index in [4.69, 9.17) is 5.73 Å². The van der Waals surface area contributed by atoms with Gasteiger partial charge in [-0.05, 0) is 24.7 Å². The second-order valence-electron chi connectivity index (χ2n) is 7.04. The van der Waals surface area contributed by atoms with Gasteiger partial charge >= 0.3 is 0 Å². The van der Waals surface area contributed by atoms with E-state index < -0.39 is 0 Å². The molecule has 1 aliphatic heterocycles. The van der Waals surface area contributed by atoms with Gasteiger partial charge in [0.05, 0.1) is 6.04 Å². The molecule has 2 fully saturated rings. The fraction of sp³-hybridized carbons (Fsp3) is 0.941. The third-order valence-electron chi connectivity index (χ3n) is 5.47. The molecule has 0 bridgehead atoms. The molecule has 0 aromatic carbocycles. The first-order valence-electron chi connectivity index (χ1n) is 8.88. The van der Waals surface area contributed by atoms with Crippen molar-refractivity contribution in [1.82, 2.24) is 9.80 Å². The number of piperazine rings is 1. The van der Waals surface area contributed by atoms with E-state index in [0.29, 0.717) is 0 Å². The minimum atomic E-state index is -0.320. The molecule has 4 nitrogen and oxygen atoms in total. The van der Waals surface area contributed by atoms with Gasteiger partial charge in [0.15, 0.2) is 0 Å². The summed E-state index contributed by atoms with van der Waals surface area (Å²) >= 11 is 0. The second-order valence-corrected chi connectivity index (χ2v) is 7.04. The first-order chi connectivity index (χ1) is 10.1. The normalized spacial score (nSPS) is 24.8. The lowest BCUT2D eigenvalue weighted by atomic mass is 9.89. The van der Waals surface area contributed by atoms with Crippen molar-refractivity contribution in [2.45, 2.75) is 58.4 Å². The second kappa shape index (κ2) is 8.14. The molecule has 1 amide bonds. The monoisotopic (exact) mass is 295 g/mol. The van der Waals surface area contributed by atoms with Gasteiger partial charge in [0.2, 0.25) is 5.91 Å². The molecule has 4 heteroatoms. The number of carbonyl (C=O) groups is 1. The molecule has 2 rings (SSSR count). The molecule has 0 spiro atoms. The van der Waals surface area contributed by atoms with Crippen molar-refractivity contribution in [3.63, 3.8) is 0 Å². The molecule has 0 aromatic heterocycles. The molecule has 1 aliphatic carbocycles. The summed E-state index contributed by atoms with van der Waals surface area (Å²) in [7, 11) is 0. The highest BCUT2D eigenvalue weighted by Crippen LogP contribution is 2.24. The summed E-state index contributed by atoms with van der Waals surface area (Å²) in [5.74, 6) is 1.32. The zero-order valence-corrected chi connectivity index (χ0v) is 13.9. The van der Waals surface area contributed by atoms with Crippen molar-refractivity contribution in [3.8, 4) is 0 Å². The van der Waals surface area contributed by atoms with E-state index in [0.717, 1.165) is 38.5 Å². The Hall–Kier alpha value is -0.610. The highest BCUT2D eigenvalue weighted by Gasteiger charge is 2.28. The van der Waals surface area contributed by atoms with Crippen molar-refractivity contribution >= 4 is 5.91 Å². The smallest absolute Gasteiger partial charge is 0.239 e. The van der Waals surface area contributed by atoms with Crippen LogP contribution in [0.3, 0.4) is 0 Å². The van der Waals surface area contributed by atoms with Crippen molar-refractivity contribution < 1.29 is 4.79 Å². The Morgan fingerprint density at radius 3 is 2.33 bits per heavy atom. The van der Waals surface area contributed by atoms with Gasteiger partial charge in [-0.2, -0.15) is 0 Å². The molecule has 1 saturated heterocycles. The highest BCUT2D eigenvalue weighted by atomic mass is 16.2. The lowest BCUT2D eigenvalue weighted by Gasteiger charge is -2.38. The van der Waals surface area contributed by atoms with Crippen LogP contribution in [0.1, 0.15) is 52.4 Å². The van der Waals surface area contributed by atoms with Crippen LogP contribution in [0.15, 0.2) is 0 Å². The first kappa shape index (κ1) is 16.8. The first-order valence-corrected chi connectivity index (χ1v) is 8.88. The molecular weight excluding hydrogens is 262 g/mol. The molecule has 0 radical (unpaired) electrons. The van der Waals surface area contributed by atoms with Crippen LogP contribution in [0, 0.1) is 11.8 Å². The van der Waals surface area contributed by atoms with E-state index in [1.54, 1.807) is 0 Å². The fourth-order valence-electron chi connectivity index (χ4n) is 3.59. The van der Waals surface area contributed by atoms with Crippen LogP contribution in [0.2, 0.25) is 0 Å². The zero-order valence-electron chi connectivity index (χ0n) is 13.9. The summed E-state index contributed by atoms with van der Waals surface area (Å²) in [5, 5.41) is 0. The van der Waals surface area contributed by atoms with Gasteiger partial charge in [-0.25, -0.2) is 0 Å². The molecule has 122 valence electrons. The van der Waals surface area contributed by atoms with E-state index in [2.05, 4.69) is 18.7 Å². The molecule has 1 saturated carbocycles. The van der Waals surface area contributed by atoms with Gasteiger partial charge < -0.3 is 10.6 Å². The largest absolute Gasteiger partial charge is 0.339 e. The fourth-order valence-corrected chi connectivity index (χ4v) is 3.59. The van der Waals surface area contributed by atoms with Gasteiger partial charge in [0, 0.05) is 32.7 Å². The molecule has 2 N–H and O–H groups in total. The quantitative estimate of drug-likeness (QED) is 0.845. The number of amides is 1. The summed E-state index contributed by atoms with van der Waals surface area (Å²) in [5.41, 5.74) is 6.08. The van der Waals surface area contributed by atoms with Crippen molar-refractivity contribution in [2.75, 3.05) is 32.7 Å². The average molecular weight is 295 g/mol. The number of nitrogens with zero attached hydrogens (tertiary/aromatic N) is 2. The maximum atomic E-state index is 12.4. The van der Waals surface area contributed by atoms with E-state index in [1.165, 1.54) is 38.6 Å². The maximum absolute atomic E-state index is 12.4. The summed E-state index contributed by atoms with van der Waals surface area (Å²) in [6, 6.07) is -0.320. The molecule has 2 unspecified atom stereocenters. The van der Waals surface area contributed by atoms with Crippen LogP contribution in [0.4, 0.5) is 0 Å². The van der Waals surface area contributed by atoms with E-state index >= 15 is 0 Å². The van der Waals surface area contributed by atoms with Crippen LogP contribution in [0.5, 0.6) is 0 Å². The summed E-state index contributed by atoms with van der Waals surface area (Å²) in [4.78, 5) is 16.9. The van der Waals surface area contributed by atoms with Gasteiger partial charge in [-0.1, -0.05) is 39.5 Å². The summed E-state index contributed by atoms with van der Waals surface area (Å²) in [6.45, 7) is 9.16. The van der Waals surface area contributed by atoms with E-state index in [-0.39, 0.29) is 17.9 Å². The van der Waals surface area contributed by atoms with Crippen LogP contribution in [0.25, 0.3) is 0 Å². The van der Waals surface area contributed by atoms with Gasteiger partial charge in [-0.3, -0.25) is 9.69 Å². The number of hydrogen-bond acceptors (Lipinski definition) is 3. The predicted molar refractivity (Wildman–Crippen MR) is 87.0 cm³/mol. The summed E-state index contributed by atoms with van der Waals surface area (Å²) in [6.07, 6.45) is 8.01. The van der Waals surface area contributed by atoms with Crippen LogP contribution in [-0.2, 0) is 4.79 Å². The van der Waals surface area contributed by atoms with E-state index in [1.807, 2.05) is 4.90 Å². The zero-order chi connectivity index (χ0) is 15.2. The van der Waals surface area contributed by atoms with Crippen LogP contribution < -0.4 is 5.73 Å². The minimum Gasteiger partial charge on any atom is -0.339 e. The molecule has 0 aromatic rings. The van der Waals surface area contributed by atoms with Crippen molar-refractivity contribution in [3.05, 3.63) is 0 Å². The molecular formula is C17H33N3O. The molecule has 2 aliphatic rings. The maximum Gasteiger partial charge on any atom is 0.239 e. The lowest BCUT2D eigenvalue weighted by molar-refractivity contribution is -0.135. The Balaban J connectivity index is 1.73. The Bertz CT molecular complexity index is 320. The molecule has 2 atom stereocenters. The minimum absolute atomic E-state index is 0.154. The number of rotatable bonds is 5. The Morgan fingerprint density at radius 2 is 1.76 bits per heavy atom. The summed E-state index contributed by atoms with van der Waals surface area (Å²) < 4.78 is 0. The number of hydrogen-bond donors (Lipinski definition) is 1.